The SMILES string of the molecule is Cc1ccc(S(=O)(=O)OC[C@@H](N)C(C)C)cc1. The lowest BCUT2D eigenvalue weighted by Crippen LogP contribution is -2.32. The second-order valence-electron chi connectivity index (χ2n) is 4.46. The number of aryl methyl sites for hydroxylation is 1. The van der Waals surface area contributed by atoms with Crippen molar-refractivity contribution in [3.05, 3.63) is 29.8 Å². The standard InChI is InChI=1S/C12H19NO3S/c1-9(2)12(13)8-16-17(14,15)11-6-4-10(3)5-7-11/h4-7,9,12H,8,13H2,1-3H3/t12-/m1/s1. The van der Waals surface area contributed by atoms with Crippen LogP contribution in [0.3, 0.4) is 0 Å². The fourth-order valence-corrected chi connectivity index (χ4v) is 2.08. The molecule has 5 heteroatoms. The van der Waals surface area contributed by atoms with Crippen LogP contribution in [0.15, 0.2) is 29.2 Å². The highest BCUT2D eigenvalue weighted by Crippen LogP contribution is 2.14. The van der Waals surface area contributed by atoms with Gasteiger partial charge in [-0.25, -0.2) is 0 Å². The average Bonchev–Trinajstić information content (AvgIpc) is 2.26. The van der Waals surface area contributed by atoms with Gasteiger partial charge < -0.3 is 5.73 Å². The van der Waals surface area contributed by atoms with Gasteiger partial charge in [0.1, 0.15) is 0 Å². The van der Waals surface area contributed by atoms with Crippen molar-refractivity contribution in [2.45, 2.75) is 31.7 Å². The molecule has 1 atom stereocenters. The van der Waals surface area contributed by atoms with Crippen LogP contribution in [0.2, 0.25) is 0 Å². The molecule has 0 aromatic heterocycles. The number of benzene rings is 1. The van der Waals surface area contributed by atoms with Crippen molar-refractivity contribution in [2.24, 2.45) is 11.7 Å². The van der Waals surface area contributed by atoms with E-state index >= 15 is 0 Å². The van der Waals surface area contributed by atoms with E-state index in [1.807, 2.05) is 20.8 Å². The van der Waals surface area contributed by atoms with E-state index in [2.05, 4.69) is 0 Å². The summed E-state index contributed by atoms with van der Waals surface area (Å²) in [6.45, 7) is 5.75. The molecule has 0 fully saturated rings. The Morgan fingerprint density at radius 3 is 2.24 bits per heavy atom. The van der Waals surface area contributed by atoms with E-state index in [0.717, 1.165) is 5.56 Å². The first-order chi connectivity index (χ1) is 7.83. The van der Waals surface area contributed by atoms with E-state index in [1.54, 1.807) is 12.1 Å². The van der Waals surface area contributed by atoms with Gasteiger partial charge in [0.05, 0.1) is 11.5 Å². The summed E-state index contributed by atoms with van der Waals surface area (Å²) >= 11 is 0. The molecule has 1 aromatic carbocycles. The molecule has 0 heterocycles. The van der Waals surface area contributed by atoms with Crippen LogP contribution in [0, 0.1) is 12.8 Å². The molecule has 0 saturated carbocycles. The molecule has 4 nitrogen and oxygen atoms in total. The highest BCUT2D eigenvalue weighted by atomic mass is 32.2. The smallest absolute Gasteiger partial charge is 0.297 e. The molecular weight excluding hydrogens is 238 g/mol. The zero-order chi connectivity index (χ0) is 13.1. The van der Waals surface area contributed by atoms with Crippen LogP contribution in [0.1, 0.15) is 19.4 Å². The molecule has 0 saturated heterocycles. The maximum absolute atomic E-state index is 11.8. The quantitative estimate of drug-likeness (QED) is 0.815. The molecular formula is C12H19NO3S. The van der Waals surface area contributed by atoms with Crippen LogP contribution in [-0.4, -0.2) is 21.1 Å². The molecule has 96 valence electrons. The van der Waals surface area contributed by atoms with Crippen molar-refractivity contribution >= 4 is 10.1 Å². The molecule has 2 N–H and O–H groups in total. The second-order valence-corrected chi connectivity index (χ2v) is 6.07. The van der Waals surface area contributed by atoms with Crippen LogP contribution in [0.5, 0.6) is 0 Å². The van der Waals surface area contributed by atoms with Gasteiger partial charge in [-0.15, -0.1) is 0 Å². The van der Waals surface area contributed by atoms with Crippen molar-refractivity contribution in [2.75, 3.05) is 6.61 Å². The van der Waals surface area contributed by atoms with Crippen LogP contribution in [0.4, 0.5) is 0 Å². The summed E-state index contributed by atoms with van der Waals surface area (Å²) < 4.78 is 28.5. The minimum atomic E-state index is -3.69. The van der Waals surface area contributed by atoms with E-state index < -0.39 is 10.1 Å². The Morgan fingerprint density at radius 1 is 1.24 bits per heavy atom. The zero-order valence-corrected chi connectivity index (χ0v) is 11.2. The third-order valence-electron chi connectivity index (χ3n) is 2.58. The molecule has 1 aromatic rings. The highest BCUT2D eigenvalue weighted by Gasteiger charge is 2.17. The van der Waals surface area contributed by atoms with Crippen molar-refractivity contribution < 1.29 is 12.6 Å². The molecule has 0 aliphatic rings. The van der Waals surface area contributed by atoms with E-state index in [-0.39, 0.29) is 23.5 Å². The third kappa shape index (κ3) is 4.11. The first kappa shape index (κ1) is 14.2. The lowest BCUT2D eigenvalue weighted by atomic mass is 10.1. The van der Waals surface area contributed by atoms with Crippen LogP contribution in [-0.2, 0) is 14.3 Å². The maximum atomic E-state index is 11.8. The number of hydrogen-bond donors (Lipinski definition) is 1. The van der Waals surface area contributed by atoms with Crippen LogP contribution >= 0.6 is 0 Å². The fraction of sp³-hybridized carbons (Fsp3) is 0.500. The summed E-state index contributed by atoms with van der Waals surface area (Å²) in [6.07, 6.45) is 0. The van der Waals surface area contributed by atoms with Gasteiger partial charge in [-0.05, 0) is 25.0 Å². The molecule has 0 aliphatic heterocycles. The van der Waals surface area contributed by atoms with Crippen LogP contribution in [0.25, 0.3) is 0 Å². The third-order valence-corrected chi connectivity index (χ3v) is 3.88. The largest absolute Gasteiger partial charge is 0.325 e. The molecule has 0 spiro atoms. The summed E-state index contributed by atoms with van der Waals surface area (Å²) in [5, 5.41) is 0. The number of rotatable bonds is 5. The fourth-order valence-electron chi connectivity index (χ4n) is 1.13. The Morgan fingerprint density at radius 2 is 1.76 bits per heavy atom. The minimum Gasteiger partial charge on any atom is -0.325 e. The molecule has 1 rings (SSSR count). The average molecular weight is 257 g/mol. The lowest BCUT2D eigenvalue weighted by Gasteiger charge is -2.15. The Balaban J connectivity index is 2.72. The molecule has 0 aliphatic carbocycles. The molecule has 0 amide bonds. The Kier molecular flexibility index (Phi) is 4.68. The lowest BCUT2D eigenvalue weighted by molar-refractivity contribution is 0.264. The van der Waals surface area contributed by atoms with E-state index in [1.165, 1.54) is 12.1 Å². The predicted molar refractivity (Wildman–Crippen MR) is 67.1 cm³/mol. The van der Waals surface area contributed by atoms with Crippen molar-refractivity contribution in [3.8, 4) is 0 Å². The highest BCUT2D eigenvalue weighted by molar-refractivity contribution is 7.86. The van der Waals surface area contributed by atoms with Crippen molar-refractivity contribution in [1.29, 1.82) is 0 Å². The van der Waals surface area contributed by atoms with E-state index in [9.17, 15) is 8.42 Å². The van der Waals surface area contributed by atoms with Crippen molar-refractivity contribution in [1.82, 2.24) is 0 Å². The summed E-state index contributed by atoms with van der Waals surface area (Å²) in [4.78, 5) is 0.166. The number of nitrogens with two attached hydrogens (primary N) is 1. The van der Waals surface area contributed by atoms with Gasteiger partial charge in [-0.1, -0.05) is 31.5 Å². The normalized spacial score (nSPS) is 13.9. The summed E-state index contributed by atoms with van der Waals surface area (Å²) in [7, 11) is -3.69. The number of hydrogen-bond acceptors (Lipinski definition) is 4. The molecule has 0 bridgehead atoms. The predicted octanol–water partition coefficient (Wildman–Crippen LogP) is 1.68. The first-order valence-corrected chi connectivity index (χ1v) is 6.95. The van der Waals surface area contributed by atoms with Gasteiger partial charge in [0, 0.05) is 6.04 Å². The summed E-state index contributed by atoms with van der Waals surface area (Å²) in [5.74, 6) is 0.184. The molecule has 0 radical (unpaired) electrons. The first-order valence-electron chi connectivity index (χ1n) is 5.54. The van der Waals surface area contributed by atoms with E-state index in [0.29, 0.717) is 0 Å². The monoisotopic (exact) mass is 257 g/mol. The minimum absolute atomic E-state index is 0.00781. The van der Waals surface area contributed by atoms with E-state index in [4.69, 9.17) is 9.92 Å². The Labute approximate surface area is 103 Å². The molecule has 0 unspecified atom stereocenters. The van der Waals surface area contributed by atoms with Crippen LogP contribution < -0.4 is 5.73 Å². The van der Waals surface area contributed by atoms with Gasteiger partial charge >= 0.3 is 0 Å². The van der Waals surface area contributed by atoms with Gasteiger partial charge in [0.2, 0.25) is 0 Å². The maximum Gasteiger partial charge on any atom is 0.297 e. The van der Waals surface area contributed by atoms with Gasteiger partial charge in [0.25, 0.3) is 10.1 Å². The van der Waals surface area contributed by atoms with Gasteiger partial charge in [0.15, 0.2) is 0 Å². The van der Waals surface area contributed by atoms with Crippen molar-refractivity contribution in [3.63, 3.8) is 0 Å². The van der Waals surface area contributed by atoms with Gasteiger partial charge in [-0.3, -0.25) is 4.18 Å². The Hall–Kier alpha value is -0.910. The Bertz CT molecular complexity index is 451. The second kappa shape index (κ2) is 5.62. The topological polar surface area (TPSA) is 69.4 Å². The van der Waals surface area contributed by atoms with Gasteiger partial charge in [-0.2, -0.15) is 8.42 Å². The molecule has 17 heavy (non-hydrogen) atoms. The zero-order valence-electron chi connectivity index (χ0n) is 10.4. The summed E-state index contributed by atoms with van der Waals surface area (Å²) in [6, 6.07) is 6.25. The summed E-state index contributed by atoms with van der Waals surface area (Å²) in [5.41, 5.74) is 6.74.